The number of carbonyl (C=O) groups is 1. The van der Waals surface area contributed by atoms with Gasteiger partial charge in [-0.15, -0.1) is 0 Å². The lowest BCUT2D eigenvalue weighted by atomic mass is 10.0. The van der Waals surface area contributed by atoms with Crippen molar-refractivity contribution in [3.63, 3.8) is 0 Å². The van der Waals surface area contributed by atoms with Gasteiger partial charge in [0.05, 0.1) is 12.2 Å². The monoisotopic (exact) mass is 336 g/mol. The van der Waals surface area contributed by atoms with Crippen LogP contribution in [0.15, 0.2) is 30.3 Å². The molecule has 0 saturated carbocycles. The van der Waals surface area contributed by atoms with Gasteiger partial charge in [0.15, 0.2) is 0 Å². The summed E-state index contributed by atoms with van der Waals surface area (Å²) in [4.78, 5) is 18.4. The minimum atomic E-state index is 0.0642. The molecule has 2 aromatic heterocycles. The number of hydrogen-bond donors (Lipinski definition) is 1. The number of H-pyrrole nitrogens is 1. The van der Waals surface area contributed by atoms with Crippen LogP contribution >= 0.6 is 0 Å². The predicted molar refractivity (Wildman–Crippen MR) is 98.5 cm³/mol. The third kappa shape index (κ3) is 2.84. The normalized spacial score (nSPS) is 14.3. The number of hydrogen-bond acceptors (Lipinski definition) is 2. The van der Waals surface area contributed by atoms with Gasteiger partial charge in [-0.05, 0) is 36.5 Å². The number of aryl methyl sites for hydroxylation is 1. The standard InChI is InChI=1S/C20H24N4O/c1-13(2)10-14-11-19(23(3)22-14)20(25)24-9-8-16-15-6-4-5-7-17(15)21-18(16)12-24/h4-7,11,13,21H,8-10,12H2,1-3H3. The summed E-state index contributed by atoms with van der Waals surface area (Å²) >= 11 is 0. The first kappa shape index (κ1) is 15.9. The maximum Gasteiger partial charge on any atom is 0.272 e. The Morgan fingerprint density at radius 3 is 2.92 bits per heavy atom. The van der Waals surface area contributed by atoms with E-state index in [1.165, 1.54) is 10.9 Å². The average Bonchev–Trinajstić information content (AvgIpc) is 3.13. The molecular weight excluding hydrogens is 312 g/mol. The molecule has 3 aromatic rings. The van der Waals surface area contributed by atoms with Crippen molar-refractivity contribution in [2.24, 2.45) is 13.0 Å². The summed E-state index contributed by atoms with van der Waals surface area (Å²) in [6.45, 7) is 5.71. The highest BCUT2D eigenvalue weighted by Gasteiger charge is 2.26. The molecule has 5 nitrogen and oxygen atoms in total. The summed E-state index contributed by atoms with van der Waals surface area (Å²) in [7, 11) is 1.86. The third-order valence-corrected chi connectivity index (χ3v) is 4.94. The van der Waals surface area contributed by atoms with Crippen LogP contribution in [-0.2, 0) is 26.4 Å². The van der Waals surface area contributed by atoms with Gasteiger partial charge >= 0.3 is 0 Å². The highest BCUT2D eigenvalue weighted by Crippen LogP contribution is 2.28. The van der Waals surface area contributed by atoms with Crippen molar-refractivity contribution in [2.45, 2.75) is 33.2 Å². The first-order chi connectivity index (χ1) is 12.0. The molecule has 25 heavy (non-hydrogen) atoms. The molecule has 1 amide bonds. The van der Waals surface area contributed by atoms with E-state index in [0.717, 1.165) is 36.3 Å². The quantitative estimate of drug-likeness (QED) is 0.798. The van der Waals surface area contributed by atoms with Crippen molar-refractivity contribution in [3.05, 3.63) is 53.0 Å². The predicted octanol–water partition coefficient (Wildman–Crippen LogP) is 3.30. The highest BCUT2D eigenvalue weighted by atomic mass is 16.2. The number of rotatable bonds is 3. The van der Waals surface area contributed by atoms with E-state index in [0.29, 0.717) is 18.2 Å². The molecule has 0 fully saturated rings. The van der Waals surface area contributed by atoms with Crippen LogP contribution in [0.2, 0.25) is 0 Å². The largest absolute Gasteiger partial charge is 0.357 e. The van der Waals surface area contributed by atoms with E-state index in [4.69, 9.17) is 0 Å². The summed E-state index contributed by atoms with van der Waals surface area (Å²) in [6.07, 6.45) is 1.79. The van der Waals surface area contributed by atoms with Crippen molar-refractivity contribution < 1.29 is 4.79 Å². The second-order valence-corrected chi connectivity index (χ2v) is 7.35. The SMILES string of the molecule is CC(C)Cc1cc(C(=O)N2CCc3c([nH]c4ccccc34)C2)n(C)n1. The molecule has 0 atom stereocenters. The Balaban J connectivity index is 1.59. The molecule has 0 unspecified atom stereocenters. The van der Waals surface area contributed by atoms with E-state index in [1.54, 1.807) is 4.68 Å². The van der Waals surface area contributed by atoms with E-state index >= 15 is 0 Å². The molecule has 0 radical (unpaired) electrons. The van der Waals surface area contributed by atoms with E-state index < -0.39 is 0 Å². The molecule has 1 aliphatic heterocycles. The van der Waals surface area contributed by atoms with Crippen LogP contribution in [0.1, 0.15) is 41.3 Å². The zero-order valence-electron chi connectivity index (χ0n) is 15.0. The lowest BCUT2D eigenvalue weighted by Crippen LogP contribution is -2.36. The first-order valence-corrected chi connectivity index (χ1v) is 8.93. The Labute approximate surface area is 147 Å². The molecule has 1 N–H and O–H groups in total. The van der Waals surface area contributed by atoms with Gasteiger partial charge in [0.25, 0.3) is 5.91 Å². The van der Waals surface area contributed by atoms with Gasteiger partial charge in [0, 0.05) is 30.2 Å². The number of nitrogens with zero attached hydrogens (tertiary/aromatic N) is 3. The van der Waals surface area contributed by atoms with Gasteiger partial charge in [0.1, 0.15) is 5.69 Å². The van der Waals surface area contributed by atoms with Crippen molar-refractivity contribution in [1.82, 2.24) is 19.7 Å². The number of nitrogens with one attached hydrogen (secondary N) is 1. The summed E-state index contributed by atoms with van der Waals surface area (Å²) in [5.41, 5.74) is 5.33. The topological polar surface area (TPSA) is 53.9 Å². The summed E-state index contributed by atoms with van der Waals surface area (Å²) in [6, 6.07) is 10.3. The molecule has 130 valence electrons. The number of aromatic nitrogens is 3. The Hall–Kier alpha value is -2.56. The van der Waals surface area contributed by atoms with Crippen LogP contribution in [0.3, 0.4) is 0 Å². The minimum absolute atomic E-state index is 0.0642. The van der Waals surface area contributed by atoms with Crippen molar-refractivity contribution in [3.8, 4) is 0 Å². The van der Waals surface area contributed by atoms with Gasteiger partial charge in [-0.1, -0.05) is 32.0 Å². The average molecular weight is 336 g/mol. The van der Waals surface area contributed by atoms with Gasteiger partial charge in [-0.3, -0.25) is 9.48 Å². The molecule has 0 bridgehead atoms. The minimum Gasteiger partial charge on any atom is -0.357 e. The number of carbonyl (C=O) groups excluding carboxylic acids is 1. The number of amides is 1. The Bertz CT molecular complexity index is 934. The van der Waals surface area contributed by atoms with E-state index in [9.17, 15) is 4.79 Å². The molecule has 3 heterocycles. The smallest absolute Gasteiger partial charge is 0.272 e. The van der Waals surface area contributed by atoms with Crippen LogP contribution < -0.4 is 0 Å². The number of aromatic amines is 1. The lowest BCUT2D eigenvalue weighted by Gasteiger charge is -2.27. The summed E-state index contributed by atoms with van der Waals surface area (Å²) < 4.78 is 1.72. The number of fused-ring (bicyclic) bond motifs is 3. The van der Waals surface area contributed by atoms with Crippen molar-refractivity contribution >= 4 is 16.8 Å². The van der Waals surface area contributed by atoms with Gasteiger partial charge in [0.2, 0.25) is 0 Å². The fourth-order valence-electron chi connectivity index (χ4n) is 3.77. The van der Waals surface area contributed by atoms with Crippen LogP contribution in [-0.4, -0.2) is 32.1 Å². The molecule has 4 rings (SSSR count). The van der Waals surface area contributed by atoms with Crippen molar-refractivity contribution in [1.29, 1.82) is 0 Å². The second-order valence-electron chi connectivity index (χ2n) is 7.35. The molecule has 5 heteroatoms. The van der Waals surface area contributed by atoms with E-state index in [1.807, 2.05) is 24.1 Å². The first-order valence-electron chi connectivity index (χ1n) is 8.93. The van der Waals surface area contributed by atoms with Crippen LogP contribution in [0.25, 0.3) is 10.9 Å². The Kier molecular flexibility index (Phi) is 3.86. The van der Waals surface area contributed by atoms with Gasteiger partial charge in [-0.25, -0.2) is 0 Å². The number of benzene rings is 1. The zero-order chi connectivity index (χ0) is 17.6. The molecule has 1 aliphatic rings. The molecule has 0 spiro atoms. The van der Waals surface area contributed by atoms with E-state index in [2.05, 4.69) is 42.1 Å². The summed E-state index contributed by atoms with van der Waals surface area (Å²) in [5, 5.41) is 5.79. The van der Waals surface area contributed by atoms with Crippen molar-refractivity contribution in [2.75, 3.05) is 6.54 Å². The van der Waals surface area contributed by atoms with Crippen LogP contribution in [0.5, 0.6) is 0 Å². The zero-order valence-corrected chi connectivity index (χ0v) is 15.0. The maximum absolute atomic E-state index is 13.0. The fourth-order valence-corrected chi connectivity index (χ4v) is 3.77. The van der Waals surface area contributed by atoms with E-state index in [-0.39, 0.29) is 5.91 Å². The van der Waals surface area contributed by atoms with Crippen LogP contribution in [0, 0.1) is 5.92 Å². The second kappa shape index (κ2) is 6.06. The molecule has 0 aliphatic carbocycles. The molecule has 0 saturated heterocycles. The Morgan fingerprint density at radius 1 is 1.32 bits per heavy atom. The molecular formula is C20H24N4O. The maximum atomic E-state index is 13.0. The Morgan fingerprint density at radius 2 is 2.12 bits per heavy atom. The third-order valence-electron chi connectivity index (χ3n) is 4.94. The van der Waals surface area contributed by atoms with Crippen LogP contribution in [0.4, 0.5) is 0 Å². The molecule has 1 aromatic carbocycles. The fraction of sp³-hybridized carbons (Fsp3) is 0.400. The lowest BCUT2D eigenvalue weighted by molar-refractivity contribution is 0.0722. The van der Waals surface area contributed by atoms with Gasteiger partial charge < -0.3 is 9.88 Å². The van der Waals surface area contributed by atoms with Gasteiger partial charge in [-0.2, -0.15) is 5.10 Å². The highest BCUT2D eigenvalue weighted by molar-refractivity contribution is 5.93. The summed E-state index contributed by atoms with van der Waals surface area (Å²) in [5.74, 6) is 0.594. The number of para-hydroxylation sites is 1.